The molecule has 0 radical (unpaired) electrons. The molecular formula is C7H14O5P2. The topological polar surface area (TPSA) is 46.2 Å². The van der Waals surface area contributed by atoms with Crippen molar-refractivity contribution in [2.75, 3.05) is 40.2 Å². The molecule has 2 aliphatic heterocycles. The molecule has 82 valence electrons. The summed E-state index contributed by atoms with van der Waals surface area (Å²) in [5.74, 6) is 0. The molecule has 0 bridgehead atoms. The van der Waals surface area contributed by atoms with Gasteiger partial charge < -0.3 is 22.6 Å². The molecule has 5 nitrogen and oxygen atoms in total. The summed E-state index contributed by atoms with van der Waals surface area (Å²) in [6.45, 7) is 4.45. The molecule has 2 heterocycles. The molecule has 0 aromatic rings. The molecule has 2 aliphatic rings. The molecule has 2 rings (SSSR count). The SMILES string of the molecule is COP1OCC2(COP(C)OC2)CO1. The van der Waals surface area contributed by atoms with Gasteiger partial charge in [0, 0.05) is 13.8 Å². The second-order valence-electron chi connectivity index (χ2n) is 3.44. The van der Waals surface area contributed by atoms with Crippen molar-refractivity contribution in [2.45, 2.75) is 0 Å². The van der Waals surface area contributed by atoms with E-state index in [1.807, 2.05) is 6.66 Å². The van der Waals surface area contributed by atoms with Crippen molar-refractivity contribution in [2.24, 2.45) is 5.41 Å². The third-order valence-electron chi connectivity index (χ3n) is 2.21. The van der Waals surface area contributed by atoms with Crippen molar-refractivity contribution in [1.82, 2.24) is 0 Å². The normalized spacial score (nSPS) is 44.1. The molecule has 2 fully saturated rings. The minimum atomic E-state index is -1.14. The number of hydrogen-bond donors (Lipinski definition) is 0. The predicted molar refractivity (Wildman–Crippen MR) is 53.0 cm³/mol. The van der Waals surface area contributed by atoms with E-state index in [0.29, 0.717) is 26.4 Å². The summed E-state index contributed by atoms with van der Waals surface area (Å²) in [5.41, 5.74) is -0.119. The maximum absolute atomic E-state index is 5.49. The minimum absolute atomic E-state index is 0.119. The third-order valence-corrected chi connectivity index (χ3v) is 4.17. The van der Waals surface area contributed by atoms with Crippen LogP contribution in [0.5, 0.6) is 0 Å². The van der Waals surface area contributed by atoms with Gasteiger partial charge in [-0.15, -0.1) is 0 Å². The maximum atomic E-state index is 5.49. The Morgan fingerprint density at radius 2 is 1.50 bits per heavy atom. The minimum Gasteiger partial charge on any atom is -0.333 e. The van der Waals surface area contributed by atoms with Crippen LogP contribution < -0.4 is 0 Å². The smallest absolute Gasteiger partial charge is 0.332 e. The maximum Gasteiger partial charge on any atom is 0.332 e. The molecule has 0 amide bonds. The zero-order valence-electron chi connectivity index (χ0n) is 8.26. The van der Waals surface area contributed by atoms with Crippen LogP contribution in [0, 0.1) is 5.41 Å². The highest BCUT2D eigenvalue weighted by atomic mass is 31.2. The zero-order valence-corrected chi connectivity index (χ0v) is 10.1. The zero-order chi connectivity index (χ0) is 10.0. The van der Waals surface area contributed by atoms with E-state index in [1.165, 1.54) is 0 Å². The Hall–Kier alpha value is 0.660. The van der Waals surface area contributed by atoms with Gasteiger partial charge in [-0.1, -0.05) is 0 Å². The molecule has 0 N–H and O–H groups in total. The molecule has 2 saturated heterocycles. The summed E-state index contributed by atoms with van der Waals surface area (Å²) in [6, 6.07) is 0. The fourth-order valence-corrected chi connectivity index (χ4v) is 3.29. The Morgan fingerprint density at radius 3 is 2.00 bits per heavy atom. The first-order valence-corrected chi connectivity index (χ1v) is 7.06. The van der Waals surface area contributed by atoms with E-state index in [1.54, 1.807) is 7.11 Å². The van der Waals surface area contributed by atoms with Gasteiger partial charge in [0.15, 0.2) is 8.38 Å². The summed E-state index contributed by atoms with van der Waals surface area (Å²) in [4.78, 5) is 0. The van der Waals surface area contributed by atoms with Gasteiger partial charge in [-0.25, -0.2) is 0 Å². The van der Waals surface area contributed by atoms with Gasteiger partial charge in [-0.3, -0.25) is 0 Å². The second kappa shape index (κ2) is 4.67. The molecule has 0 aromatic heterocycles. The fourth-order valence-electron chi connectivity index (χ4n) is 1.26. The Kier molecular flexibility index (Phi) is 3.72. The summed E-state index contributed by atoms with van der Waals surface area (Å²) < 4.78 is 26.8. The van der Waals surface area contributed by atoms with E-state index in [-0.39, 0.29) is 5.41 Å². The Bertz CT molecular complexity index is 185. The molecule has 7 heteroatoms. The van der Waals surface area contributed by atoms with Crippen molar-refractivity contribution >= 4 is 17.0 Å². The van der Waals surface area contributed by atoms with Gasteiger partial charge in [-0.05, 0) is 0 Å². The van der Waals surface area contributed by atoms with Crippen molar-refractivity contribution in [1.29, 1.82) is 0 Å². The van der Waals surface area contributed by atoms with Gasteiger partial charge >= 0.3 is 8.60 Å². The van der Waals surface area contributed by atoms with E-state index in [2.05, 4.69) is 0 Å². The average molecular weight is 240 g/mol. The van der Waals surface area contributed by atoms with E-state index in [9.17, 15) is 0 Å². The summed E-state index contributed by atoms with van der Waals surface area (Å²) in [7, 11) is -0.245. The molecule has 1 spiro atoms. The Balaban J connectivity index is 1.86. The van der Waals surface area contributed by atoms with Gasteiger partial charge in [0.25, 0.3) is 0 Å². The predicted octanol–water partition coefficient (Wildman–Crippen LogP) is 1.88. The number of rotatable bonds is 1. The highest BCUT2D eigenvalue weighted by Gasteiger charge is 2.42. The molecule has 0 atom stereocenters. The van der Waals surface area contributed by atoms with Crippen LogP contribution in [0.1, 0.15) is 0 Å². The van der Waals surface area contributed by atoms with Crippen LogP contribution in [0.15, 0.2) is 0 Å². The second-order valence-corrected chi connectivity index (χ2v) is 6.16. The first-order valence-electron chi connectivity index (χ1n) is 4.34. The first kappa shape index (κ1) is 11.2. The average Bonchev–Trinajstić information content (AvgIpc) is 2.24. The van der Waals surface area contributed by atoms with Gasteiger partial charge in [-0.2, -0.15) is 0 Å². The third kappa shape index (κ3) is 2.42. The first-order chi connectivity index (χ1) is 6.74. The molecular weight excluding hydrogens is 226 g/mol. The molecule has 0 aromatic carbocycles. The largest absolute Gasteiger partial charge is 0.333 e. The molecule has 0 unspecified atom stereocenters. The van der Waals surface area contributed by atoms with Crippen LogP contribution in [-0.4, -0.2) is 40.2 Å². The Morgan fingerprint density at radius 1 is 1.00 bits per heavy atom. The summed E-state index contributed by atoms with van der Waals surface area (Å²) in [5, 5.41) is 0. The van der Waals surface area contributed by atoms with Crippen molar-refractivity contribution in [3.05, 3.63) is 0 Å². The van der Waals surface area contributed by atoms with E-state index >= 15 is 0 Å². The molecule has 14 heavy (non-hydrogen) atoms. The lowest BCUT2D eigenvalue weighted by atomic mass is 9.93. The lowest BCUT2D eigenvalue weighted by molar-refractivity contribution is -0.0629. The lowest BCUT2D eigenvalue weighted by Crippen LogP contribution is -2.44. The van der Waals surface area contributed by atoms with Crippen LogP contribution in [0.2, 0.25) is 0 Å². The van der Waals surface area contributed by atoms with Crippen LogP contribution in [0.4, 0.5) is 0 Å². The molecule has 0 aliphatic carbocycles. The van der Waals surface area contributed by atoms with E-state index < -0.39 is 17.0 Å². The van der Waals surface area contributed by atoms with Crippen molar-refractivity contribution in [3.8, 4) is 0 Å². The van der Waals surface area contributed by atoms with E-state index in [0.717, 1.165) is 0 Å². The standard InChI is InChI=1S/C7H14O5P2/c1-8-14-11-5-7(6-12-14)3-9-13(2)10-4-7/h3-6H2,1-2H3. The molecule has 0 saturated carbocycles. The van der Waals surface area contributed by atoms with Crippen LogP contribution in [-0.2, 0) is 22.6 Å². The van der Waals surface area contributed by atoms with Crippen molar-refractivity contribution in [3.63, 3.8) is 0 Å². The summed E-state index contributed by atoms with van der Waals surface area (Å²) >= 11 is 0. The van der Waals surface area contributed by atoms with Crippen LogP contribution in [0.3, 0.4) is 0 Å². The van der Waals surface area contributed by atoms with Gasteiger partial charge in [0.2, 0.25) is 0 Å². The summed E-state index contributed by atoms with van der Waals surface area (Å²) in [6.07, 6.45) is 0. The van der Waals surface area contributed by atoms with Crippen LogP contribution in [0.25, 0.3) is 0 Å². The fraction of sp³-hybridized carbons (Fsp3) is 1.00. The highest BCUT2D eigenvalue weighted by Crippen LogP contribution is 2.50. The van der Waals surface area contributed by atoms with Crippen molar-refractivity contribution < 1.29 is 22.6 Å². The van der Waals surface area contributed by atoms with Crippen LogP contribution >= 0.6 is 17.0 Å². The van der Waals surface area contributed by atoms with Gasteiger partial charge in [0.1, 0.15) is 0 Å². The number of hydrogen-bond acceptors (Lipinski definition) is 5. The monoisotopic (exact) mass is 240 g/mol. The quantitative estimate of drug-likeness (QED) is 0.655. The van der Waals surface area contributed by atoms with E-state index in [4.69, 9.17) is 22.6 Å². The van der Waals surface area contributed by atoms with Gasteiger partial charge in [0.05, 0.1) is 31.8 Å². The Labute approximate surface area is 85.9 Å². The highest BCUT2D eigenvalue weighted by molar-refractivity contribution is 7.46. The lowest BCUT2D eigenvalue weighted by Gasteiger charge is -2.41.